The van der Waals surface area contributed by atoms with Crippen molar-refractivity contribution >= 4 is 17.5 Å². The van der Waals surface area contributed by atoms with E-state index < -0.39 is 0 Å². The molecule has 1 aromatic carbocycles. The molecule has 2 aromatic rings. The van der Waals surface area contributed by atoms with Crippen LogP contribution < -0.4 is 5.32 Å². The van der Waals surface area contributed by atoms with E-state index in [1.165, 1.54) is 12.8 Å². The molecule has 3 rings (SSSR count). The first-order valence-electron chi connectivity index (χ1n) is 11.4. The van der Waals surface area contributed by atoms with Gasteiger partial charge in [0.2, 0.25) is 0 Å². The van der Waals surface area contributed by atoms with Gasteiger partial charge >= 0.3 is 0 Å². The molecule has 1 saturated carbocycles. The molecule has 1 fully saturated rings. The Labute approximate surface area is 190 Å². The van der Waals surface area contributed by atoms with Crippen molar-refractivity contribution in [3.8, 4) is 5.69 Å². The highest BCUT2D eigenvalue weighted by molar-refractivity contribution is 6.32. The van der Waals surface area contributed by atoms with Gasteiger partial charge in [-0.2, -0.15) is 0 Å². The first-order valence-corrected chi connectivity index (χ1v) is 11.8. The summed E-state index contributed by atoms with van der Waals surface area (Å²) in [7, 11) is 0. The van der Waals surface area contributed by atoms with Crippen LogP contribution in [0.4, 0.5) is 4.39 Å². The SMILES string of the molecule is CCc1nc(C(=O)NCC2CCC(C)CC2)c(Cl)n1-c1ccc(CC(C)(C)C)cc1F. The molecule has 1 N–H and O–H groups in total. The van der Waals surface area contributed by atoms with Gasteiger partial charge in [0.25, 0.3) is 5.91 Å². The number of amides is 1. The number of halogens is 2. The Morgan fingerprint density at radius 3 is 2.52 bits per heavy atom. The van der Waals surface area contributed by atoms with Crippen molar-refractivity contribution in [2.45, 2.75) is 73.1 Å². The van der Waals surface area contributed by atoms with E-state index in [4.69, 9.17) is 11.6 Å². The number of nitrogens with one attached hydrogen (secondary N) is 1. The lowest BCUT2D eigenvalue weighted by Gasteiger charge is -2.26. The summed E-state index contributed by atoms with van der Waals surface area (Å²) >= 11 is 6.57. The quantitative estimate of drug-likeness (QED) is 0.559. The lowest BCUT2D eigenvalue weighted by Crippen LogP contribution is -2.31. The predicted octanol–water partition coefficient (Wildman–Crippen LogP) is 6.37. The number of aromatic nitrogens is 2. The molecule has 0 aliphatic heterocycles. The summed E-state index contributed by atoms with van der Waals surface area (Å²) in [6.07, 6.45) is 6.00. The number of imidazole rings is 1. The molecule has 1 aromatic heterocycles. The van der Waals surface area contributed by atoms with Crippen molar-refractivity contribution in [2.24, 2.45) is 17.3 Å². The second-order valence-corrected chi connectivity index (χ2v) is 10.6. The Morgan fingerprint density at radius 2 is 1.94 bits per heavy atom. The van der Waals surface area contributed by atoms with Crippen LogP contribution >= 0.6 is 11.6 Å². The van der Waals surface area contributed by atoms with Crippen LogP contribution in [-0.4, -0.2) is 22.0 Å². The second kappa shape index (κ2) is 9.72. The van der Waals surface area contributed by atoms with Crippen LogP contribution in [0.5, 0.6) is 0 Å². The molecule has 4 nitrogen and oxygen atoms in total. The van der Waals surface area contributed by atoms with Gasteiger partial charge < -0.3 is 5.32 Å². The first kappa shape index (κ1) is 23.8. The van der Waals surface area contributed by atoms with Crippen LogP contribution in [0.2, 0.25) is 5.15 Å². The van der Waals surface area contributed by atoms with Gasteiger partial charge in [-0.15, -0.1) is 0 Å². The summed E-state index contributed by atoms with van der Waals surface area (Å²) in [6, 6.07) is 5.21. The fraction of sp³-hybridized carbons (Fsp3) is 0.600. The number of rotatable bonds is 6. The summed E-state index contributed by atoms with van der Waals surface area (Å²) in [5, 5.41) is 3.16. The van der Waals surface area contributed by atoms with Gasteiger partial charge in [0, 0.05) is 13.0 Å². The number of nitrogens with zero attached hydrogens (tertiary/aromatic N) is 2. The zero-order chi connectivity index (χ0) is 22.8. The Hall–Kier alpha value is -1.88. The van der Waals surface area contributed by atoms with E-state index in [9.17, 15) is 4.79 Å². The van der Waals surface area contributed by atoms with Gasteiger partial charge in [-0.3, -0.25) is 9.36 Å². The van der Waals surface area contributed by atoms with Gasteiger partial charge in [0.15, 0.2) is 5.69 Å². The number of hydrogen-bond donors (Lipinski definition) is 1. The normalized spacial score (nSPS) is 19.5. The van der Waals surface area contributed by atoms with Crippen LogP contribution in [0.1, 0.15) is 82.2 Å². The third-order valence-electron chi connectivity index (χ3n) is 6.10. The minimum atomic E-state index is -0.362. The second-order valence-electron chi connectivity index (χ2n) is 10.2. The molecule has 170 valence electrons. The van der Waals surface area contributed by atoms with E-state index in [1.54, 1.807) is 16.7 Å². The number of aryl methyl sites for hydroxylation is 1. The van der Waals surface area contributed by atoms with E-state index >= 15 is 4.39 Å². The maximum atomic E-state index is 15.0. The molecule has 0 unspecified atom stereocenters. The summed E-state index contributed by atoms with van der Waals surface area (Å²) in [6.45, 7) is 11.2. The molecular formula is C25H35ClFN3O. The van der Waals surface area contributed by atoms with Crippen molar-refractivity contribution in [3.05, 3.63) is 46.3 Å². The highest BCUT2D eigenvalue weighted by atomic mass is 35.5. The van der Waals surface area contributed by atoms with Crippen molar-refractivity contribution in [2.75, 3.05) is 6.54 Å². The van der Waals surface area contributed by atoms with Crippen LogP contribution in [0.25, 0.3) is 5.69 Å². The lowest BCUT2D eigenvalue weighted by molar-refractivity contribution is 0.0937. The Balaban J connectivity index is 1.80. The van der Waals surface area contributed by atoms with Crippen molar-refractivity contribution < 1.29 is 9.18 Å². The zero-order valence-electron chi connectivity index (χ0n) is 19.4. The molecule has 31 heavy (non-hydrogen) atoms. The van der Waals surface area contributed by atoms with E-state index in [0.717, 1.165) is 30.7 Å². The highest BCUT2D eigenvalue weighted by Crippen LogP contribution is 2.30. The van der Waals surface area contributed by atoms with Gasteiger partial charge in [0.05, 0.1) is 5.69 Å². The summed E-state index contributed by atoms with van der Waals surface area (Å²) in [4.78, 5) is 17.3. The van der Waals surface area contributed by atoms with E-state index in [2.05, 4.69) is 38.0 Å². The molecule has 0 spiro atoms. The molecule has 1 aliphatic rings. The number of carbonyl (C=O) groups is 1. The number of hydrogen-bond acceptors (Lipinski definition) is 2. The Morgan fingerprint density at radius 1 is 1.26 bits per heavy atom. The number of carbonyl (C=O) groups excluding carboxylic acids is 1. The Bertz CT molecular complexity index is 924. The average Bonchev–Trinajstić information content (AvgIpc) is 3.02. The van der Waals surface area contributed by atoms with Gasteiger partial charge in [-0.05, 0) is 54.2 Å². The fourth-order valence-electron chi connectivity index (χ4n) is 4.38. The van der Waals surface area contributed by atoms with Crippen LogP contribution in [0.15, 0.2) is 18.2 Å². The van der Waals surface area contributed by atoms with Gasteiger partial charge in [-0.1, -0.05) is 65.1 Å². The van der Waals surface area contributed by atoms with Gasteiger partial charge in [0.1, 0.15) is 16.8 Å². The third kappa shape index (κ3) is 5.88. The molecule has 0 saturated heterocycles. The van der Waals surface area contributed by atoms with Crippen LogP contribution in [0.3, 0.4) is 0 Å². The smallest absolute Gasteiger partial charge is 0.273 e. The summed E-state index contributed by atoms with van der Waals surface area (Å²) < 4.78 is 16.6. The van der Waals surface area contributed by atoms with Crippen molar-refractivity contribution in [1.29, 1.82) is 0 Å². The molecule has 1 aliphatic carbocycles. The molecular weight excluding hydrogens is 413 g/mol. The minimum Gasteiger partial charge on any atom is -0.350 e. The lowest BCUT2D eigenvalue weighted by atomic mass is 9.83. The molecule has 1 amide bonds. The molecule has 0 atom stereocenters. The van der Waals surface area contributed by atoms with E-state index in [1.807, 2.05) is 13.0 Å². The summed E-state index contributed by atoms with van der Waals surface area (Å²) in [5.41, 5.74) is 1.49. The monoisotopic (exact) mass is 447 g/mol. The minimum absolute atomic E-state index is 0.0663. The van der Waals surface area contributed by atoms with E-state index in [0.29, 0.717) is 30.4 Å². The van der Waals surface area contributed by atoms with Crippen LogP contribution in [0, 0.1) is 23.1 Å². The largest absolute Gasteiger partial charge is 0.350 e. The standard InChI is InChI=1S/C25H35ClFN3O/c1-6-21-29-22(24(31)28-15-17-9-7-16(2)8-10-17)23(26)30(21)20-12-11-18(13-19(20)27)14-25(3,4)5/h11-13,16-17H,6-10,14-15H2,1-5H3,(H,28,31). The summed E-state index contributed by atoms with van der Waals surface area (Å²) in [5.74, 6) is 1.19. The van der Waals surface area contributed by atoms with E-state index in [-0.39, 0.29) is 28.0 Å². The molecule has 6 heteroatoms. The highest BCUT2D eigenvalue weighted by Gasteiger charge is 2.25. The van der Waals surface area contributed by atoms with Crippen molar-refractivity contribution in [3.63, 3.8) is 0 Å². The average molecular weight is 448 g/mol. The first-order chi connectivity index (χ1) is 14.6. The zero-order valence-corrected chi connectivity index (χ0v) is 20.2. The van der Waals surface area contributed by atoms with Crippen LogP contribution in [-0.2, 0) is 12.8 Å². The molecule has 0 bridgehead atoms. The predicted molar refractivity (Wildman–Crippen MR) is 125 cm³/mol. The fourth-order valence-corrected chi connectivity index (χ4v) is 4.70. The van der Waals surface area contributed by atoms with Crippen molar-refractivity contribution in [1.82, 2.24) is 14.9 Å². The maximum Gasteiger partial charge on any atom is 0.273 e. The topological polar surface area (TPSA) is 46.9 Å². The molecule has 1 heterocycles. The Kier molecular flexibility index (Phi) is 7.46. The third-order valence-corrected chi connectivity index (χ3v) is 6.44. The number of benzene rings is 1. The van der Waals surface area contributed by atoms with Gasteiger partial charge in [-0.25, -0.2) is 9.37 Å². The maximum absolute atomic E-state index is 15.0. The molecule has 0 radical (unpaired) electrons.